The number of nitrogens with zero attached hydrogens (tertiary/aromatic N) is 1. The van der Waals surface area contributed by atoms with Gasteiger partial charge in [-0.05, 0) is 24.6 Å². The lowest BCUT2D eigenvalue weighted by Crippen LogP contribution is -2.29. The number of hydrogen-bond acceptors (Lipinski definition) is 4. The minimum Gasteiger partial charge on any atom is -0.469 e. The van der Waals surface area contributed by atoms with Crippen molar-refractivity contribution in [2.75, 3.05) is 0 Å². The predicted molar refractivity (Wildman–Crippen MR) is 61.3 cm³/mol. The molecule has 0 spiro atoms. The first kappa shape index (κ1) is 11.8. The van der Waals surface area contributed by atoms with Crippen LogP contribution >= 0.6 is 0 Å². The quantitative estimate of drug-likeness (QED) is 0.614. The summed E-state index contributed by atoms with van der Waals surface area (Å²) < 4.78 is 18.7. The summed E-state index contributed by atoms with van der Waals surface area (Å²) in [5, 5.41) is 0. The number of aromatic nitrogens is 1. The third-order valence-electron chi connectivity index (χ3n) is 2.64. The van der Waals surface area contributed by atoms with Gasteiger partial charge in [-0.15, -0.1) is 0 Å². The van der Waals surface area contributed by atoms with E-state index in [1.54, 1.807) is 18.5 Å². The zero-order valence-electron chi connectivity index (χ0n) is 9.27. The Morgan fingerprint density at radius 3 is 3.00 bits per heavy atom. The summed E-state index contributed by atoms with van der Waals surface area (Å²) in [6.45, 7) is 0. The van der Waals surface area contributed by atoms with E-state index in [-0.39, 0.29) is 11.9 Å². The molecular weight excluding hydrogens is 221 g/mol. The van der Waals surface area contributed by atoms with Gasteiger partial charge in [-0.25, -0.2) is 4.39 Å². The number of nitrogens with two attached hydrogens (primary N) is 1. The predicted octanol–water partition coefficient (Wildman–Crippen LogP) is 1.95. The molecule has 1 unspecified atom stereocenters. The van der Waals surface area contributed by atoms with E-state index in [2.05, 4.69) is 10.4 Å². The lowest BCUT2D eigenvalue weighted by atomic mass is 10.0. The molecular formula is C12H14FN3O. The molecule has 0 aliphatic carbocycles. The molecule has 2 heterocycles. The van der Waals surface area contributed by atoms with Gasteiger partial charge in [0.1, 0.15) is 11.6 Å². The minimum atomic E-state index is -0.352. The second-order valence-corrected chi connectivity index (χ2v) is 3.73. The molecule has 0 fully saturated rings. The van der Waals surface area contributed by atoms with Crippen molar-refractivity contribution in [2.24, 2.45) is 5.84 Å². The fraction of sp³-hybridized carbons (Fsp3) is 0.250. The molecule has 0 aliphatic heterocycles. The molecule has 3 N–H and O–H groups in total. The van der Waals surface area contributed by atoms with Crippen LogP contribution in [0.3, 0.4) is 0 Å². The zero-order chi connectivity index (χ0) is 12.1. The number of aryl methyl sites for hydroxylation is 1. The lowest BCUT2D eigenvalue weighted by Gasteiger charge is -2.15. The van der Waals surface area contributed by atoms with Gasteiger partial charge in [0.15, 0.2) is 0 Å². The average Bonchev–Trinajstić information content (AvgIpc) is 2.85. The maximum atomic E-state index is 13.5. The van der Waals surface area contributed by atoms with Gasteiger partial charge < -0.3 is 4.42 Å². The van der Waals surface area contributed by atoms with Crippen LogP contribution in [0.5, 0.6) is 0 Å². The Morgan fingerprint density at radius 2 is 2.35 bits per heavy atom. The van der Waals surface area contributed by atoms with Crippen molar-refractivity contribution < 1.29 is 8.81 Å². The number of furan rings is 1. The Kier molecular flexibility index (Phi) is 3.85. The Morgan fingerprint density at radius 1 is 1.47 bits per heavy atom. The Bertz CT molecular complexity index is 459. The summed E-state index contributed by atoms with van der Waals surface area (Å²) in [5.74, 6) is 5.95. The molecule has 0 bridgehead atoms. The standard InChI is InChI=1S/C12H14FN3O/c13-11-8-15-6-5-10(11)12(16-14)4-3-9-2-1-7-17-9/h1-2,5-8,12,16H,3-4,14H2. The number of halogens is 1. The second kappa shape index (κ2) is 5.56. The van der Waals surface area contributed by atoms with E-state index in [4.69, 9.17) is 10.3 Å². The number of pyridine rings is 1. The summed E-state index contributed by atoms with van der Waals surface area (Å²) in [5.41, 5.74) is 3.13. The Balaban J connectivity index is 2.04. The number of hydrogen-bond donors (Lipinski definition) is 2. The Hall–Kier alpha value is -1.72. The molecule has 90 valence electrons. The molecule has 0 saturated carbocycles. The van der Waals surface area contributed by atoms with Crippen LogP contribution in [-0.2, 0) is 6.42 Å². The molecule has 2 rings (SSSR count). The van der Waals surface area contributed by atoms with Crippen LogP contribution < -0.4 is 11.3 Å². The van der Waals surface area contributed by atoms with Gasteiger partial charge in [0.25, 0.3) is 0 Å². The van der Waals surface area contributed by atoms with Crippen molar-refractivity contribution in [3.8, 4) is 0 Å². The van der Waals surface area contributed by atoms with Gasteiger partial charge >= 0.3 is 0 Å². The summed E-state index contributed by atoms with van der Waals surface area (Å²) >= 11 is 0. The van der Waals surface area contributed by atoms with E-state index >= 15 is 0 Å². The zero-order valence-corrected chi connectivity index (χ0v) is 9.27. The summed E-state index contributed by atoms with van der Waals surface area (Å²) in [7, 11) is 0. The highest BCUT2D eigenvalue weighted by Gasteiger charge is 2.14. The van der Waals surface area contributed by atoms with Crippen molar-refractivity contribution in [3.63, 3.8) is 0 Å². The van der Waals surface area contributed by atoms with Crippen LogP contribution in [-0.4, -0.2) is 4.98 Å². The van der Waals surface area contributed by atoms with Crippen molar-refractivity contribution in [1.29, 1.82) is 0 Å². The molecule has 17 heavy (non-hydrogen) atoms. The molecule has 0 radical (unpaired) electrons. The van der Waals surface area contributed by atoms with Gasteiger partial charge in [0, 0.05) is 24.2 Å². The summed E-state index contributed by atoms with van der Waals surface area (Å²) in [6, 6.07) is 5.09. The molecule has 0 aromatic carbocycles. The summed E-state index contributed by atoms with van der Waals surface area (Å²) in [4.78, 5) is 3.71. The van der Waals surface area contributed by atoms with Crippen LogP contribution in [0.15, 0.2) is 41.3 Å². The fourth-order valence-electron chi connectivity index (χ4n) is 1.74. The first-order chi connectivity index (χ1) is 8.31. The molecule has 2 aromatic rings. The molecule has 5 heteroatoms. The first-order valence-electron chi connectivity index (χ1n) is 5.39. The van der Waals surface area contributed by atoms with Crippen LogP contribution in [0.1, 0.15) is 23.8 Å². The molecule has 2 aromatic heterocycles. The van der Waals surface area contributed by atoms with Crippen molar-refractivity contribution in [3.05, 3.63) is 54.0 Å². The molecule has 1 atom stereocenters. The molecule has 0 aliphatic rings. The van der Waals surface area contributed by atoms with Gasteiger partial charge in [-0.1, -0.05) is 0 Å². The van der Waals surface area contributed by atoms with Gasteiger partial charge in [0.05, 0.1) is 12.5 Å². The largest absolute Gasteiger partial charge is 0.469 e. The van der Waals surface area contributed by atoms with Crippen LogP contribution in [0.2, 0.25) is 0 Å². The van der Waals surface area contributed by atoms with Crippen molar-refractivity contribution in [1.82, 2.24) is 10.4 Å². The monoisotopic (exact) mass is 235 g/mol. The van der Waals surface area contributed by atoms with E-state index in [0.29, 0.717) is 18.4 Å². The maximum Gasteiger partial charge on any atom is 0.146 e. The van der Waals surface area contributed by atoms with E-state index in [1.165, 1.54) is 6.20 Å². The van der Waals surface area contributed by atoms with E-state index in [9.17, 15) is 4.39 Å². The average molecular weight is 235 g/mol. The third kappa shape index (κ3) is 2.89. The highest BCUT2D eigenvalue weighted by molar-refractivity contribution is 5.17. The van der Waals surface area contributed by atoms with Crippen molar-refractivity contribution in [2.45, 2.75) is 18.9 Å². The van der Waals surface area contributed by atoms with Gasteiger partial charge in [-0.3, -0.25) is 16.3 Å². The van der Waals surface area contributed by atoms with E-state index in [1.807, 2.05) is 12.1 Å². The maximum absolute atomic E-state index is 13.5. The van der Waals surface area contributed by atoms with Gasteiger partial charge in [-0.2, -0.15) is 0 Å². The number of nitrogens with one attached hydrogen (secondary N) is 1. The van der Waals surface area contributed by atoms with Crippen LogP contribution in [0.4, 0.5) is 4.39 Å². The van der Waals surface area contributed by atoms with Crippen LogP contribution in [0.25, 0.3) is 0 Å². The number of hydrazine groups is 1. The molecule has 4 nitrogen and oxygen atoms in total. The topological polar surface area (TPSA) is 64.1 Å². The second-order valence-electron chi connectivity index (χ2n) is 3.73. The van der Waals surface area contributed by atoms with Gasteiger partial charge in [0.2, 0.25) is 0 Å². The first-order valence-corrected chi connectivity index (χ1v) is 5.39. The smallest absolute Gasteiger partial charge is 0.146 e. The third-order valence-corrected chi connectivity index (χ3v) is 2.64. The lowest BCUT2D eigenvalue weighted by molar-refractivity contribution is 0.446. The fourth-order valence-corrected chi connectivity index (χ4v) is 1.74. The normalized spacial score (nSPS) is 12.6. The SMILES string of the molecule is NNC(CCc1ccco1)c1ccncc1F. The number of rotatable bonds is 5. The van der Waals surface area contributed by atoms with E-state index < -0.39 is 0 Å². The van der Waals surface area contributed by atoms with Crippen molar-refractivity contribution >= 4 is 0 Å². The molecule has 0 saturated heterocycles. The van der Waals surface area contributed by atoms with E-state index in [0.717, 1.165) is 5.76 Å². The Labute approximate surface area is 98.6 Å². The minimum absolute atomic E-state index is 0.247. The molecule has 0 amide bonds. The summed E-state index contributed by atoms with van der Waals surface area (Å²) in [6.07, 6.45) is 5.71. The highest BCUT2D eigenvalue weighted by Crippen LogP contribution is 2.20. The van der Waals surface area contributed by atoms with Crippen LogP contribution in [0, 0.1) is 5.82 Å². The highest BCUT2D eigenvalue weighted by atomic mass is 19.1.